The Bertz CT molecular complexity index is 296. The normalized spacial score (nSPS) is 12.2. The molecule has 0 bridgehead atoms. The molecule has 0 saturated carbocycles. The summed E-state index contributed by atoms with van der Waals surface area (Å²) in [7, 11) is 0. The molecule has 3 heteroatoms. The Balaban J connectivity index is -0.00000162. The molecule has 120 valence electrons. The molecule has 0 aromatic heterocycles. The predicted molar refractivity (Wildman–Crippen MR) is 84.8 cm³/mol. The third-order valence-electron chi connectivity index (χ3n) is 2.90. The van der Waals surface area contributed by atoms with Crippen molar-refractivity contribution in [1.82, 2.24) is 0 Å². The van der Waals surface area contributed by atoms with Crippen molar-refractivity contribution >= 4 is 0 Å². The topological polar surface area (TPSA) is 0 Å². The van der Waals surface area contributed by atoms with Crippen molar-refractivity contribution in [2.24, 2.45) is 0 Å². The van der Waals surface area contributed by atoms with Gasteiger partial charge in [0.1, 0.15) is 0 Å². The molecule has 0 radical (unpaired) electrons. The third kappa shape index (κ3) is 16.6. The zero-order valence-electron chi connectivity index (χ0n) is 14.0. The van der Waals surface area contributed by atoms with Gasteiger partial charge in [-0.05, 0) is 0 Å². The smallest absolute Gasteiger partial charge is 1.00 e. The van der Waals surface area contributed by atoms with Gasteiger partial charge in [-0.1, -0.05) is 0 Å². The van der Waals surface area contributed by atoms with Gasteiger partial charge >= 0.3 is 132 Å². The van der Waals surface area contributed by atoms with Gasteiger partial charge in [-0.15, -0.1) is 0 Å². The number of hydrogen-bond donors (Lipinski definition) is 0. The molecule has 0 nitrogen and oxygen atoms in total. The maximum Gasteiger partial charge on any atom is -1.00 e. The van der Waals surface area contributed by atoms with E-state index in [1.54, 1.807) is 6.56 Å². The van der Waals surface area contributed by atoms with Gasteiger partial charge < -0.3 is 24.8 Å². The molecule has 0 aliphatic heterocycles. The zero-order chi connectivity index (χ0) is 14.3. The van der Waals surface area contributed by atoms with E-state index in [4.69, 9.17) is 0 Å². The summed E-state index contributed by atoms with van der Waals surface area (Å²) < 4.78 is 3.49. The molecule has 0 aromatic rings. The summed E-state index contributed by atoms with van der Waals surface area (Å²) in [5, 5.41) is 0. The van der Waals surface area contributed by atoms with Crippen LogP contribution in [0.3, 0.4) is 0 Å². The maximum absolute atomic E-state index is 2.39. The van der Waals surface area contributed by atoms with Crippen molar-refractivity contribution < 1.29 is 48.0 Å². The number of allylic oxidation sites excluding steroid dienone is 8. The summed E-state index contributed by atoms with van der Waals surface area (Å²) in [4.78, 5) is 0. The van der Waals surface area contributed by atoms with E-state index in [2.05, 4.69) is 64.2 Å². The third-order valence-corrected chi connectivity index (χ3v) is 6.53. The number of unbranched alkanes of at least 4 members (excludes halogenated alkanes) is 2. The Morgan fingerprint density at radius 3 is 1.43 bits per heavy atom. The van der Waals surface area contributed by atoms with Crippen molar-refractivity contribution in [3.63, 3.8) is 0 Å². The first kappa shape index (κ1) is 26.3. The molecule has 0 aromatic carbocycles. The Hall–Kier alpha value is 0.423. The summed E-state index contributed by atoms with van der Waals surface area (Å²) in [6, 6.07) is 0. The molecule has 0 spiro atoms. The molecule has 0 atom stereocenters. The minimum atomic E-state index is -0.529. The van der Waals surface area contributed by atoms with Gasteiger partial charge in [0.2, 0.25) is 0 Å². The van der Waals surface area contributed by atoms with E-state index in [0.29, 0.717) is 0 Å². The van der Waals surface area contributed by atoms with Gasteiger partial charge in [-0.2, -0.15) is 0 Å². The molecular formula is C18H30Cl2Zr. The fourth-order valence-corrected chi connectivity index (χ4v) is 5.12. The van der Waals surface area contributed by atoms with Crippen LogP contribution in [0.25, 0.3) is 0 Å². The van der Waals surface area contributed by atoms with Crippen molar-refractivity contribution in [3.05, 3.63) is 43.0 Å². The summed E-state index contributed by atoms with van der Waals surface area (Å²) >= 11 is -0.529. The Morgan fingerprint density at radius 1 is 0.762 bits per heavy atom. The Kier molecular flexibility index (Phi) is 25.6. The van der Waals surface area contributed by atoms with Crippen molar-refractivity contribution in [2.45, 2.75) is 66.2 Å². The average Bonchev–Trinajstić information content (AvgIpc) is 2.44. The largest absolute Gasteiger partial charge is 1.00 e. The zero-order valence-corrected chi connectivity index (χ0v) is 17.9. The quantitative estimate of drug-likeness (QED) is 0.459. The van der Waals surface area contributed by atoms with E-state index in [1.165, 1.54) is 38.5 Å². The number of hydrogen-bond acceptors (Lipinski definition) is 0. The Labute approximate surface area is 156 Å². The fraction of sp³-hybridized carbons (Fsp3) is 0.556. The van der Waals surface area contributed by atoms with Crippen LogP contribution in [-0.2, 0) is 23.2 Å². The molecule has 0 saturated heterocycles. The molecule has 0 amide bonds. The maximum atomic E-state index is 2.39. The van der Waals surface area contributed by atoms with E-state index < -0.39 is 23.2 Å². The second-order valence-corrected chi connectivity index (χ2v) is 8.54. The summed E-state index contributed by atoms with van der Waals surface area (Å²) in [6.07, 6.45) is 21.4. The minimum absolute atomic E-state index is 0. The standard InChI is InChI=1S/2C9H15.2ClH.Zr/c2*1-3-5-7-9-8-6-4-2;;;/h2*3,5,7H,4,6,8H2,1-2H3;2*1H;/q;;;;+2/p-2/b2*5-3+,9-7?;;;. The van der Waals surface area contributed by atoms with Crippen LogP contribution in [0.15, 0.2) is 43.0 Å². The number of rotatable bonds is 10. The van der Waals surface area contributed by atoms with E-state index in [0.717, 1.165) is 0 Å². The molecule has 0 aliphatic carbocycles. The van der Waals surface area contributed by atoms with Crippen molar-refractivity contribution in [1.29, 1.82) is 0 Å². The molecule has 0 unspecified atom stereocenters. The summed E-state index contributed by atoms with van der Waals surface area (Å²) in [5.41, 5.74) is 0. The second kappa shape index (κ2) is 20.4. The first-order chi connectivity index (χ1) is 9.28. The Morgan fingerprint density at radius 2 is 1.14 bits per heavy atom. The first-order valence-electron chi connectivity index (χ1n) is 7.69. The van der Waals surface area contributed by atoms with Gasteiger partial charge in [-0.3, -0.25) is 0 Å². The SMILES string of the molecule is C/C=C/C=[C](\CCCC)[Zr+2]/[C](=C/C=C/C)CCCC.[Cl-].[Cl-]. The van der Waals surface area contributed by atoms with Crippen LogP contribution in [-0.4, -0.2) is 0 Å². The summed E-state index contributed by atoms with van der Waals surface area (Å²) in [5.74, 6) is 0. The molecule has 0 rings (SSSR count). The van der Waals surface area contributed by atoms with E-state index in [1.807, 2.05) is 0 Å². The van der Waals surface area contributed by atoms with Gasteiger partial charge in [0.05, 0.1) is 0 Å². The molecular weight excluding hydrogens is 378 g/mol. The van der Waals surface area contributed by atoms with Crippen molar-refractivity contribution in [2.75, 3.05) is 0 Å². The molecule has 21 heavy (non-hydrogen) atoms. The molecule has 0 N–H and O–H groups in total. The minimum Gasteiger partial charge on any atom is -1.00 e. The van der Waals surface area contributed by atoms with Crippen LogP contribution in [0.5, 0.6) is 0 Å². The van der Waals surface area contributed by atoms with E-state index in [9.17, 15) is 0 Å². The van der Waals surface area contributed by atoms with Crippen LogP contribution in [0, 0.1) is 0 Å². The van der Waals surface area contributed by atoms with E-state index >= 15 is 0 Å². The van der Waals surface area contributed by atoms with Crippen LogP contribution in [0.2, 0.25) is 0 Å². The van der Waals surface area contributed by atoms with Crippen LogP contribution in [0.1, 0.15) is 66.2 Å². The fourth-order valence-electron chi connectivity index (χ4n) is 1.74. The van der Waals surface area contributed by atoms with Gasteiger partial charge in [0.15, 0.2) is 0 Å². The molecule has 0 heterocycles. The average molecular weight is 409 g/mol. The van der Waals surface area contributed by atoms with Crippen molar-refractivity contribution in [3.8, 4) is 0 Å². The van der Waals surface area contributed by atoms with Crippen LogP contribution < -0.4 is 24.8 Å². The molecule has 0 aliphatic rings. The molecule has 0 fully saturated rings. The number of halogens is 2. The summed E-state index contributed by atoms with van der Waals surface area (Å²) in [6.45, 7) is 8.78. The van der Waals surface area contributed by atoms with Crippen LogP contribution in [0.4, 0.5) is 0 Å². The van der Waals surface area contributed by atoms with Gasteiger partial charge in [-0.25, -0.2) is 0 Å². The first-order valence-corrected chi connectivity index (χ1v) is 10.1. The van der Waals surface area contributed by atoms with Gasteiger partial charge in [0.25, 0.3) is 0 Å². The second-order valence-electron chi connectivity index (χ2n) is 4.77. The van der Waals surface area contributed by atoms with E-state index in [-0.39, 0.29) is 24.8 Å². The van der Waals surface area contributed by atoms with Crippen LogP contribution >= 0.6 is 0 Å². The van der Waals surface area contributed by atoms with Gasteiger partial charge in [0, 0.05) is 0 Å². The monoisotopic (exact) mass is 406 g/mol. The predicted octanol–water partition coefficient (Wildman–Crippen LogP) is 0.377.